The predicted octanol–water partition coefficient (Wildman–Crippen LogP) is 2.70. The lowest BCUT2D eigenvalue weighted by atomic mass is 9.87. The lowest BCUT2D eigenvalue weighted by Crippen LogP contribution is -2.45. The highest BCUT2D eigenvalue weighted by Crippen LogP contribution is 2.25. The van der Waals surface area contributed by atoms with Crippen molar-refractivity contribution in [3.05, 3.63) is 29.8 Å². The molecule has 2 unspecified atom stereocenters. The van der Waals surface area contributed by atoms with Gasteiger partial charge in [-0.15, -0.1) is 0 Å². The summed E-state index contributed by atoms with van der Waals surface area (Å²) in [5.74, 6) is 0.769. The van der Waals surface area contributed by atoms with E-state index in [2.05, 4.69) is 32.9 Å². The molecule has 22 heavy (non-hydrogen) atoms. The van der Waals surface area contributed by atoms with Crippen LogP contribution >= 0.6 is 0 Å². The molecule has 2 atom stereocenters. The van der Waals surface area contributed by atoms with Crippen LogP contribution in [-0.2, 0) is 10.2 Å². The van der Waals surface area contributed by atoms with Crippen LogP contribution in [0, 0.1) is 0 Å². The third kappa shape index (κ3) is 3.80. The number of hydrogen-bond donors (Lipinski definition) is 1. The van der Waals surface area contributed by atoms with E-state index in [1.807, 2.05) is 24.0 Å². The van der Waals surface area contributed by atoms with Crippen LogP contribution in [0.25, 0.3) is 0 Å². The Morgan fingerprint density at radius 3 is 2.55 bits per heavy atom. The lowest BCUT2D eigenvalue weighted by Gasteiger charge is -2.27. The summed E-state index contributed by atoms with van der Waals surface area (Å²) < 4.78 is 5.82. The summed E-state index contributed by atoms with van der Waals surface area (Å²) in [6, 6.07) is 8.17. The summed E-state index contributed by atoms with van der Waals surface area (Å²) in [4.78, 5) is 14.4. The van der Waals surface area contributed by atoms with E-state index in [1.54, 1.807) is 0 Å². The van der Waals surface area contributed by atoms with E-state index in [1.165, 1.54) is 5.56 Å². The van der Waals surface area contributed by atoms with Gasteiger partial charge in [0, 0.05) is 19.1 Å². The molecule has 4 nitrogen and oxygen atoms in total. The molecular weight excluding hydrogens is 276 g/mol. The Balaban J connectivity index is 1.99. The minimum atomic E-state index is -0.479. The van der Waals surface area contributed by atoms with Crippen LogP contribution in [0.15, 0.2) is 24.3 Å². The van der Waals surface area contributed by atoms with Gasteiger partial charge in [-0.2, -0.15) is 0 Å². The molecule has 1 aliphatic rings. The first-order chi connectivity index (χ1) is 10.3. The van der Waals surface area contributed by atoms with Gasteiger partial charge in [0.15, 0.2) is 6.10 Å². The SMILES string of the molecule is CC(Oc1ccc(C(C)(C)C)cc1)C(=O)N1CCCC1CN. The Hall–Kier alpha value is -1.55. The highest BCUT2D eigenvalue weighted by atomic mass is 16.5. The van der Waals surface area contributed by atoms with Crippen molar-refractivity contribution in [2.75, 3.05) is 13.1 Å². The van der Waals surface area contributed by atoms with Gasteiger partial charge in [-0.3, -0.25) is 4.79 Å². The zero-order valence-corrected chi connectivity index (χ0v) is 14.1. The Bertz CT molecular complexity index is 505. The number of nitrogens with two attached hydrogens (primary N) is 1. The van der Waals surface area contributed by atoms with Gasteiger partial charge < -0.3 is 15.4 Å². The maximum Gasteiger partial charge on any atom is 0.263 e. The number of rotatable bonds is 4. The van der Waals surface area contributed by atoms with E-state index >= 15 is 0 Å². The Morgan fingerprint density at radius 1 is 1.36 bits per heavy atom. The van der Waals surface area contributed by atoms with Crippen LogP contribution in [0.2, 0.25) is 0 Å². The monoisotopic (exact) mass is 304 g/mol. The fourth-order valence-corrected chi connectivity index (χ4v) is 2.89. The molecule has 0 bridgehead atoms. The third-order valence-corrected chi connectivity index (χ3v) is 4.31. The van der Waals surface area contributed by atoms with Gasteiger partial charge in [-0.05, 0) is 42.9 Å². The van der Waals surface area contributed by atoms with E-state index in [-0.39, 0.29) is 17.4 Å². The smallest absolute Gasteiger partial charge is 0.263 e. The van der Waals surface area contributed by atoms with E-state index in [4.69, 9.17) is 10.5 Å². The maximum atomic E-state index is 12.5. The molecule has 0 radical (unpaired) electrons. The number of hydrogen-bond acceptors (Lipinski definition) is 3. The number of carbonyl (C=O) groups is 1. The predicted molar refractivity (Wildman–Crippen MR) is 89.0 cm³/mol. The van der Waals surface area contributed by atoms with E-state index in [0.29, 0.717) is 6.54 Å². The standard InChI is InChI=1S/C18H28N2O2/c1-13(17(21)20-11-5-6-15(20)12-19)22-16-9-7-14(8-10-16)18(2,3)4/h7-10,13,15H,5-6,11-12,19H2,1-4H3. The molecule has 0 aliphatic carbocycles. The van der Waals surface area contributed by atoms with Crippen molar-refractivity contribution in [1.29, 1.82) is 0 Å². The van der Waals surface area contributed by atoms with Crippen molar-refractivity contribution in [1.82, 2.24) is 4.90 Å². The molecular formula is C18H28N2O2. The van der Waals surface area contributed by atoms with Crippen molar-refractivity contribution >= 4 is 5.91 Å². The van der Waals surface area contributed by atoms with Crippen molar-refractivity contribution in [2.24, 2.45) is 5.73 Å². The molecule has 4 heteroatoms. The lowest BCUT2D eigenvalue weighted by molar-refractivity contribution is -0.138. The number of ether oxygens (including phenoxy) is 1. The van der Waals surface area contributed by atoms with Crippen molar-refractivity contribution < 1.29 is 9.53 Å². The largest absolute Gasteiger partial charge is 0.481 e. The number of nitrogens with zero attached hydrogens (tertiary/aromatic N) is 1. The fraction of sp³-hybridized carbons (Fsp3) is 0.611. The van der Waals surface area contributed by atoms with Gasteiger partial charge in [-0.25, -0.2) is 0 Å². The molecule has 0 saturated carbocycles. The Morgan fingerprint density at radius 2 is 2.00 bits per heavy atom. The topological polar surface area (TPSA) is 55.6 Å². The minimum absolute atomic E-state index is 0.0350. The van der Waals surface area contributed by atoms with Crippen LogP contribution in [-0.4, -0.2) is 36.0 Å². The average Bonchev–Trinajstić information content (AvgIpc) is 2.94. The highest BCUT2D eigenvalue weighted by Gasteiger charge is 2.31. The molecule has 0 spiro atoms. The maximum absolute atomic E-state index is 12.5. The molecule has 1 amide bonds. The summed E-state index contributed by atoms with van der Waals surface area (Å²) in [7, 11) is 0. The summed E-state index contributed by atoms with van der Waals surface area (Å²) in [6.45, 7) is 9.65. The molecule has 1 aromatic carbocycles. The number of carbonyl (C=O) groups excluding carboxylic acids is 1. The summed E-state index contributed by atoms with van der Waals surface area (Å²) >= 11 is 0. The van der Waals surface area contributed by atoms with Gasteiger partial charge in [-0.1, -0.05) is 32.9 Å². The second kappa shape index (κ2) is 6.69. The van der Waals surface area contributed by atoms with Gasteiger partial charge in [0.25, 0.3) is 5.91 Å². The van der Waals surface area contributed by atoms with E-state index in [0.717, 1.165) is 25.1 Å². The second-order valence-corrected chi connectivity index (χ2v) is 7.10. The molecule has 1 aromatic rings. The Kier molecular flexibility index (Phi) is 5.12. The van der Waals surface area contributed by atoms with Crippen LogP contribution in [0.1, 0.15) is 46.1 Å². The van der Waals surface area contributed by atoms with Crippen molar-refractivity contribution in [2.45, 2.75) is 58.1 Å². The first-order valence-electron chi connectivity index (χ1n) is 8.10. The number of benzene rings is 1. The van der Waals surface area contributed by atoms with Gasteiger partial charge in [0.1, 0.15) is 5.75 Å². The van der Waals surface area contributed by atoms with Crippen LogP contribution in [0.5, 0.6) is 5.75 Å². The molecule has 1 fully saturated rings. The summed E-state index contributed by atoms with van der Waals surface area (Å²) in [5, 5.41) is 0. The van der Waals surface area contributed by atoms with Gasteiger partial charge in [0.05, 0.1) is 0 Å². The van der Waals surface area contributed by atoms with Gasteiger partial charge in [0.2, 0.25) is 0 Å². The molecule has 1 aliphatic heterocycles. The molecule has 2 rings (SSSR count). The molecule has 122 valence electrons. The van der Waals surface area contributed by atoms with E-state index in [9.17, 15) is 4.79 Å². The average molecular weight is 304 g/mol. The number of amides is 1. The zero-order valence-electron chi connectivity index (χ0n) is 14.1. The van der Waals surface area contributed by atoms with Crippen LogP contribution in [0.4, 0.5) is 0 Å². The first kappa shape index (κ1) is 16.8. The Labute approximate surface area is 133 Å². The normalized spacial score (nSPS) is 20.0. The molecule has 0 aromatic heterocycles. The first-order valence-corrected chi connectivity index (χ1v) is 8.10. The molecule has 2 N–H and O–H groups in total. The van der Waals surface area contributed by atoms with E-state index < -0.39 is 6.10 Å². The second-order valence-electron chi connectivity index (χ2n) is 7.10. The quantitative estimate of drug-likeness (QED) is 0.930. The third-order valence-electron chi connectivity index (χ3n) is 4.31. The fourth-order valence-electron chi connectivity index (χ4n) is 2.89. The van der Waals surface area contributed by atoms with Crippen molar-refractivity contribution in [3.8, 4) is 5.75 Å². The van der Waals surface area contributed by atoms with Crippen molar-refractivity contribution in [3.63, 3.8) is 0 Å². The highest BCUT2D eigenvalue weighted by molar-refractivity contribution is 5.81. The molecule has 1 saturated heterocycles. The minimum Gasteiger partial charge on any atom is -0.481 e. The van der Waals surface area contributed by atoms with Crippen LogP contribution < -0.4 is 10.5 Å². The molecule has 1 heterocycles. The summed E-state index contributed by atoms with van der Waals surface area (Å²) in [5.41, 5.74) is 7.10. The van der Waals surface area contributed by atoms with Crippen LogP contribution in [0.3, 0.4) is 0 Å². The number of likely N-dealkylation sites (tertiary alicyclic amines) is 1. The van der Waals surface area contributed by atoms with Gasteiger partial charge >= 0.3 is 0 Å². The zero-order chi connectivity index (χ0) is 16.3. The summed E-state index contributed by atoms with van der Waals surface area (Å²) in [6.07, 6.45) is 1.54.